The minimum Gasteiger partial charge on any atom is -0.349 e. The van der Waals surface area contributed by atoms with Gasteiger partial charge in [-0.05, 0) is 51.8 Å². The van der Waals surface area contributed by atoms with Gasteiger partial charge in [-0.25, -0.2) is 9.18 Å². The second kappa shape index (κ2) is 7.50. The number of benzene rings is 1. The predicted octanol–water partition coefficient (Wildman–Crippen LogP) is 3.08. The molecule has 6 nitrogen and oxygen atoms in total. The van der Waals surface area contributed by atoms with Crippen LogP contribution in [-0.2, 0) is 0 Å². The first-order valence-electron chi connectivity index (χ1n) is 9.15. The average Bonchev–Trinajstić information content (AvgIpc) is 2.60. The number of likely N-dealkylation sites (tertiary alicyclic amines) is 1. The number of nitrogens with one attached hydrogen (secondary N) is 2. The van der Waals surface area contributed by atoms with Crippen LogP contribution in [0.5, 0.6) is 0 Å². The molecule has 0 aliphatic carbocycles. The van der Waals surface area contributed by atoms with Crippen LogP contribution in [0.15, 0.2) is 30.5 Å². The third kappa shape index (κ3) is 4.72. The van der Waals surface area contributed by atoms with Crippen molar-refractivity contribution in [1.29, 1.82) is 0 Å². The van der Waals surface area contributed by atoms with Gasteiger partial charge in [0.25, 0.3) is 5.91 Å². The molecule has 0 radical (unpaired) electrons. The Morgan fingerprint density at radius 1 is 1.22 bits per heavy atom. The highest BCUT2D eigenvalue weighted by Crippen LogP contribution is 2.19. The second-order valence-corrected chi connectivity index (χ2v) is 7.94. The quantitative estimate of drug-likeness (QED) is 0.851. The lowest BCUT2D eigenvalue weighted by atomic mass is 10.0. The molecule has 1 aromatic carbocycles. The lowest BCUT2D eigenvalue weighted by Gasteiger charge is -2.34. The van der Waals surface area contributed by atoms with E-state index in [4.69, 9.17) is 0 Å². The van der Waals surface area contributed by atoms with Gasteiger partial charge in [0, 0.05) is 36.3 Å². The van der Waals surface area contributed by atoms with Crippen LogP contribution in [0.4, 0.5) is 9.18 Å². The highest BCUT2D eigenvalue weighted by molar-refractivity contribution is 6.05. The van der Waals surface area contributed by atoms with E-state index in [0.717, 1.165) is 0 Å². The first-order valence-corrected chi connectivity index (χ1v) is 9.15. The van der Waals surface area contributed by atoms with Gasteiger partial charge >= 0.3 is 6.03 Å². The molecule has 1 fully saturated rings. The van der Waals surface area contributed by atoms with E-state index in [1.54, 1.807) is 23.2 Å². The van der Waals surface area contributed by atoms with Crippen molar-refractivity contribution in [2.75, 3.05) is 13.1 Å². The zero-order valence-corrected chi connectivity index (χ0v) is 15.9. The lowest BCUT2D eigenvalue weighted by molar-refractivity contribution is 0.0918. The number of piperidine rings is 1. The SMILES string of the molecule is CC(C)(C)NC(=O)N1CCC(NC(=O)c2cc(F)cc3cccnc23)CC1. The summed E-state index contributed by atoms with van der Waals surface area (Å²) in [5.74, 6) is -0.801. The van der Waals surface area contributed by atoms with Gasteiger partial charge in [0.1, 0.15) is 5.82 Å². The van der Waals surface area contributed by atoms with Gasteiger partial charge in [-0.2, -0.15) is 0 Å². The summed E-state index contributed by atoms with van der Waals surface area (Å²) in [5, 5.41) is 6.50. The molecular formula is C20H25FN4O2. The Hall–Kier alpha value is -2.70. The van der Waals surface area contributed by atoms with E-state index < -0.39 is 5.82 Å². The van der Waals surface area contributed by atoms with E-state index in [2.05, 4.69) is 15.6 Å². The summed E-state index contributed by atoms with van der Waals surface area (Å²) in [4.78, 5) is 30.9. The molecular weight excluding hydrogens is 347 g/mol. The molecule has 1 aromatic heterocycles. The number of urea groups is 1. The molecule has 1 saturated heterocycles. The van der Waals surface area contributed by atoms with Crippen molar-refractivity contribution in [3.05, 3.63) is 41.8 Å². The highest BCUT2D eigenvalue weighted by atomic mass is 19.1. The summed E-state index contributed by atoms with van der Waals surface area (Å²) in [7, 11) is 0. The molecule has 0 unspecified atom stereocenters. The zero-order chi connectivity index (χ0) is 19.6. The number of hydrogen-bond donors (Lipinski definition) is 2. The number of halogens is 1. The van der Waals surface area contributed by atoms with E-state index in [0.29, 0.717) is 36.8 Å². The van der Waals surface area contributed by atoms with Crippen molar-refractivity contribution in [3.8, 4) is 0 Å². The number of fused-ring (bicyclic) bond motifs is 1. The maximum absolute atomic E-state index is 13.9. The maximum atomic E-state index is 13.9. The maximum Gasteiger partial charge on any atom is 0.317 e. The Balaban J connectivity index is 1.63. The van der Waals surface area contributed by atoms with Crippen LogP contribution < -0.4 is 10.6 Å². The number of amides is 3. The molecule has 1 aliphatic heterocycles. The number of nitrogens with zero attached hydrogens (tertiary/aromatic N) is 2. The smallest absolute Gasteiger partial charge is 0.317 e. The summed E-state index contributed by atoms with van der Waals surface area (Å²) < 4.78 is 13.9. The van der Waals surface area contributed by atoms with Gasteiger partial charge < -0.3 is 15.5 Å². The number of pyridine rings is 1. The number of carbonyl (C=O) groups is 2. The molecule has 3 rings (SSSR count). The Morgan fingerprint density at radius 3 is 2.59 bits per heavy atom. The number of rotatable bonds is 2. The second-order valence-electron chi connectivity index (χ2n) is 7.94. The molecule has 0 bridgehead atoms. The molecule has 27 heavy (non-hydrogen) atoms. The summed E-state index contributed by atoms with van der Waals surface area (Å²) in [6, 6.07) is 5.88. The first-order chi connectivity index (χ1) is 12.7. The number of carbonyl (C=O) groups excluding carboxylic acids is 2. The Morgan fingerprint density at radius 2 is 1.93 bits per heavy atom. The third-order valence-electron chi connectivity index (χ3n) is 4.51. The topological polar surface area (TPSA) is 74.3 Å². The van der Waals surface area contributed by atoms with E-state index in [-0.39, 0.29) is 29.1 Å². The Kier molecular flexibility index (Phi) is 5.30. The average molecular weight is 372 g/mol. The van der Waals surface area contributed by atoms with E-state index >= 15 is 0 Å². The fourth-order valence-corrected chi connectivity index (χ4v) is 3.22. The molecule has 2 aromatic rings. The fraction of sp³-hybridized carbons (Fsp3) is 0.450. The highest BCUT2D eigenvalue weighted by Gasteiger charge is 2.26. The number of hydrogen-bond acceptors (Lipinski definition) is 3. The predicted molar refractivity (Wildman–Crippen MR) is 102 cm³/mol. The van der Waals surface area contributed by atoms with Crippen molar-refractivity contribution >= 4 is 22.8 Å². The summed E-state index contributed by atoms with van der Waals surface area (Å²) in [5.41, 5.74) is 0.435. The van der Waals surface area contributed by atoms with Crippen molar-refractivity contribution in [1.82, 2.24) is 20.5 Å². The van der Waals surface area contributed by atoms with Gasteiger partial charge in [-0.3, -0.25) is 9.78 Å². The van der Waals surface area contributed by atoms with E-state index in [1.807, 2.05) is 20.8 Å². The van der Waals surface area contributed by atoms with E-state index in [1.165, 1.54) is 12.1 Å². The molecule has 2 heterocycles. The van der Waals surface area contributed by atoms with Gasteiger partial charge in [-0.1, -0.05) is 6.07 Å². The molecule has 2 N–H and O–H groups in total. The summed E-state index contributed by atoms with van der Waals surface area (Å²) in [6.45, 7) is 6.95. The van der Waals surface area contributed by atoms with Crippen LogP contribution in [0.25, 0.3) is 10.9 Å². The van der Waals surface area contributed by atoms with Crippen LogP contribution in [-0.4, -0.2) is 46.5 Å². The van der Waals surface area contributed by atoms with Crippen LogP contribution in [0.2, 0.25) is 0 Å². The Bertz CT molecular complexity index is 855. The zero-order valence-electron chi connectivity index (χ0n) is 15.9. The van der Waals surface area contributed by atoms with Crippen molar-refractivity contribution in [2.24, 2.45) is 0 Å². The standard InChI is InChI=1S/C20H25FN4O2/c1-20(2,3)24-19(27)25-9-6-15(7-10-25)23-18(26)16-12-14(21)11-13-5-4-8-22-17(13)16/h4-5,8,11-12,15H,6-7,9-10H2,1-3H3,(H,23,26)(H,24,27). The molecule has 0 spiro atoms. The molecule has 0 atom stereocenters. The van der Waals surface area contributed by atoms with Crippen LogP contribution in [0.3, 0.4) is 0 Å². The lowest BCUT2D eigenvalue weighted by Crippen LogP contribution is -2.53. The van der Waals surface area contributed by atoms with Crippen LogP contribution >= 0.6 is 0 Å². The minimum absolute atomic E-state index is 0.0572. The molecule has 1 aliphatic rings. The van der Waals surface area contributed by atoms with Gasteiger partial charge in [-0.15, -0.1) is 0 Å². The fourth-order valence-electron chi connectivity index (χ4n) is 3.22. The van der Waals surface area contributed by atoms with Gasteiger partial charge in [0.2, 0.25) is 0 Å². The Labute approximate surface area is 158 Å². The minimum atomic E-state index is -0.464. The monoisotopic (exact) mass is 372 g/mol. The normalized spacial score (nSPS) is 15.6. The van der Waals surface area contributed by atoms with Crippen molar-refractivity contribution in [2.45, 2.75) is 45.2 Å². The number of aromatic nitrogens is 1. The molecule has 7 heteroatoms. The van der Waals surface area contributed by atoms with Crippen LogP contribution in [0.1, 0.15) is 44.0 Å². The van der Waals surface area contributed by atoms with Crippen molar-refractivity contribution < 1.29 is 14.0 Å². The summed E-state index contributed by atoms with van der Waals surface area (Å²) in [6.07, 6.45) is 2.90. The van der Waals surface area contributed by atoms with Gasteiger partial charge in [0.05, 0.1) is 11.1 Å². The largest absolute Gasteiger partial charge is 0.349 e. The third-order valence-corrected chi connectivity index (χ3v) is 4.51. The molecule has 0 saturated carbocycles. The summed E-state index contributed by atoms with van der Waals surface area (Å²) >= 11 is 0. The van der Waals surface area contributed by atoms with Crippen LogP contribution in [0, 0.1) is 5.82 Å². The van der Waals surface area contributed by atoms with E-state index in [9.17, 15) is 14.0 Å². The van der Waals surface area contributed by atoms with Crippen molar-refractivity contribution in [3.63, 3.8) is 0 Å². The van der Waals surface area contributed by atoms with Gasteiger partial charge in [0.15, 0.2) is 0 Å². The first kappa shape index (κ1) is 19.1. The molecule has 3 amide bonds. The molecule has 144 valence electrons.